The first-order valence-corrected chi connectivity index (χ1v) is 13.0. The van der Waals surface area contributed by atoms with Gasteiger partial charge in [-0.2, -0.15) is 0 Å². The Kier molecular flexibility index (Phi) is 6.64. The molecular formula is C27H29N7O5. The summed E-state index contributed by atoms with van der Waals surface area (Å²) in [7, 11) is 0. The van der Waals surface area contributed by atoms with Gasteiger partial charge in [-0.1, -0.05) is 24.1 Å². The summed E-state index contributed by atoms with van der Waals surface area (Å²) in [6.07, 6.45) is 0.140. The van der Waals surface area contributed by atoms with E-state index in [0.29, 0.717) is 18.0 Å². The van der Waals surface area contributed by atoms with E-state index in [0.717, 1.165) is 25.7 Å². The van der Waals surface area contributed by atoms with Crippen molar-refractivity contribution in [1.82, 2.24) is 29.7 Å². The fraction of sp³-hybridized carbons (Fsp3) is 0.444. The minimum atomic E-state index is -1.43. The Morgan fingerprint density at radius 1 is 1.13 bits per heavy atom. The Balaban J connectivity index is 1.22. The highest BCUT2D eigenvalue weighted by molar-refractivity contribution is 5.94. The molecule has 2 aromatic heterocycles. The number of nitrogens with zero attached hydrogens (tertiary/aromatic N) is 5. The van der Waals surface area contributed by atoms with Gasteiger partial charge in [0.2, 0.25) is 5.82 Å². The van der Waals surface area contributed by atoms with Crippen LogP contribution in [0.1, 0.15) is 48.1 Å². The van der Waals surface area contributed by atoms with E-state index >= 15 is 0 Å². The Morgan fingerprint density at radius 2 is 1.90 bits per heavy atom. The van der Waals surface area contributed by atoms with E-state index in [2.05, 4.69) is 32.1 Å². The number of imidazole rings is 1. The Labute approximate surface area is 224 Å². The minimum Gasteiger partial charge on any atom is -0.387 e. The number of rotatable bonds is 7. The fourth-order valence-electron chi connectivity index (χ4n) is 4.61. The van der Waals surface area contributed by atoms with Crippen molar-refractivity contribution in [1.29, 1.82) is 0 Å². The van der Waals surface area contributed by atoms with E-state index in [1.54, 1.807) is 17.0 Å². The van der Waals surface area contributed by atoms with Gasteiger partial charge in [0, 0.05) is 18.2 Å². The van der Waals surface area contributed by atoms with E-state index < -0.39 is 30.4 Å². The smallest absolute Gasteiger partial charge is 0.254 e. The molecule has 2 aliphatic carbocycles. The van der Waals surface area contributed by atoms with Crippen LogP contribution in [-0.2, 0) is 9.53 Å². The van der Waals surface area contributed by atoms with E-state index in [1.165, 1.54) is 10.9 Å². The van der Waals surface area contributed by atoms with Gasteiger partial charge in [-0.3, -0.25) is 14.2 Å². The highest BCUT2D eigenvalue weighted by Gasteiger charge is 2.48. The highest BCUT2D eigenvalue weighted by Crippen LogP contribution is 2.33. The van der Waals surface area contributed by atoms with Gasteiger partial charge >= 0.3 is 0 Å². The lowest BCUT2D eigenvalue weighted by atomic mass is 10.1. The number of fused-ring (bicyclic) bond motifs is 1. The quantitative estimate of drug-likeness (QED) is 0.311. The zero-order valence-electron chi connectivity index (χ0n) is 21.1. The number of nitrogen functional groups attached to an aromatic ring is 1. The molecule has 12 nitrogen and oxygen atoms in total. The zero-order valence-corrected chi connectivity index (χ0v) is 21.1. The maximum absolute atomic E-state index is 13.0. The number of carbonyl (C=O) groups is 2. The largest absolute Gasteiger partial charge is 0.387 e. The van der Waals surface area contributed by atoms with Crippen molar-refractivity contribution in [2.45, 2.75) is 56.3 Å². The van der Waals surface area contributed by atoms with Crippen LogP contribution in [0.25, 0.3) is 11.2 Å². The number of hydrogen-bond acceptors (Lipinski definition) is 9. The first kappa shape index (κ1) is 25.2. The summed E-state index contributed by atoms with van der Waals surface area (Å²) >= 11 is 0. The number of hydrogen-bond donors (Lipinski definition) is 4. The molecule has 3 heterocycles. The predicted octanol–water partition coefficient (Wildman–Crippen LogP) is 0.210. The third kappa shape index (κ3) is 5.29. The third-order valence-electron chi connectivity index (χ3n) is 7.10. The molecule has 4 atom stereocenters. The molecule has 2 unspecified atom stereocenters. The number of aliphatic hydroxyl groups is 2. The van der Waals surface area contributed by atoms with Gasteiger partial charge in [0.05, 0.1) is 12.9 Å². The van der Waals surface area contributed by atoms with E-state index in [-0.39, 0.29) is 41.3 Å². The molecule has 39 heavy (non-hydrogen) atoms. The number of aliphatic hydroxyl groups excluding tert-OH is 2. The Morgan fingerprint density at radius 3 is 2.62 bits per heavy atom. The lowest BCUT2D eigenvalue weighted by Crippen LogP contribution is -2.43. The number of amides is 2. The second kappa shape index (κ2) is 10.3. The summed E-state index contributed by atoms with van der Waals surface area (Å²) in [5.74, 6) is 5.99. The van der Waals surface area contributed by atoms with Crippen LogP contribution >= 0.6 is 0 Å². The summed E-state index contributed by atoms with van der Waals surface area (Å²) < 4.78 is 7.17. The van der Waals surface area contributed by atoms with Crippen LogP contribution in [0.5, 0.6) is 0 Å². The molecule has 0 bridgehead atoms. The molecule has 5 N–H and O–H groups in total. The predicted molar refractivity (Wildman–Crippen MR) is 139 cm³/mol. The summed E-state index contributed by atoms with van der Waals surface area (Å²) in [5, 5.41) is 24.0. The second-order valence-corrected chi connectivity index (χ2v) is 10.3. The molecule has 1 aromatic carbocycles. The molecule has 1 aliphatic heterocycles. The molecule has 12 heteroatoms. The average molecular weight is 532 g/mol. The molecule has 3 aliphatic rings. The Hall–Kier alpha value is -4.05. The van der Waals surface area contributed by atoms with Crippen molar-refractivity contribution < 1.29 is 24.5 Å². The monoisotopic (exact) mass is 531 g/mol. The van der Waals surface area contributed by atoms with E-state index in [1.807, 2.05) is 18.2 Å². The molecule has 0 spiro atoms. The van der Waals surface area contributed by atoms with Crippen molar-refractivity contribution in [3.8, 4) is 11.8 Å². The van der Waals surface area contributed by atoms with Gasteiger partial charge in [0.25, 0.3) is 11.8 Å². The lowest BCUT2D eigenvalue weighted by molar-refractivity contribution is -0.137. The number of nitrogens with one attached hydrogen (secondary N) is 1. The van der Waals surface area contributed by atoms with E-state index in [4.69, 9.17) is 10.5 Å². The van der Waals surface area contributed by atoms with Crippen molar-refractivity contribution in [3.05, 3.63) is 48.0 Å². The molecule has 0 radical (unpaired) electrons. The van der Waals surface area contributed by atoms with Crippen LogP contribution < -0.4 is 11.1 Å². The van der Waals surface area contributed by atoms with Gasteiger partial charge in [-0.05, 0) is 49.7 Å². The van der Waals surface area contributed by atoms with Gasteiger partial charge in [0.15, 0.2) is 23.8 Å². The third-order valence-corrected chi connectivity index (χ3v) is 7.10. The lowest BCUT2D eigenvalue weighted by Gasteiger charge is -2.20. The van der Waals surface area contributed by atoms with Crippen molar-refractivity contribution in [2.75, 3.05) is 18.8 Å². The number of ether oxygens (including phenoxy) is 1. The topological polar surface area (TPSA) is 169 Å². The van der Waals surface area contributed by atoms with Crippen molar-refractivity contribution in [3.63, 3.8) is 0 Å². The maximum atomic E-state index is 13.0. The number of aromatic nitrogens is 4. The number of nitrogens with two attached hydrogens (primary N) is 1. The van der Waals surface area contributed by atoms with Crippen LogP contribution in [-0.4, -0.2) is 83.9 Å². The molecule has 2 saturated carbocycles. The van der Waals surface area contributed by atoms with Crippen LogP contribution in [0.15, 0.2) is 36.7 Å². The van der Waals surface area contributed by atoms with Gasteiger partial charge in [-0.15, -0.1) is 0 Å². The molecule has 2 amide bonds. The molecule has 202 valence electrons. The van der Waals surface area contributed by atoms with Gasteiger partial charge in [0.1, 0.15) is 17.7 Å². The highest BCUT2D eigenvalue weighted by atomic mass is 16.6. The summed E-state index contributed by atoms with van der Waals surface area (Å²) in [6.45, 7) is 0.825. The maximum Gasteiger partial charge on any atom is 0.254 e. The van der Waals surface area contributed by atoms with Crippen LogP contribution in [0.4, 0.5) is 5.82 Å². The first-order chi connectivity index (χ1) is 18.9. The number of anilines is 1. The van der Waals surface area contributed by atoms with Crippen LogP contribution in [0.2, 0.25) is 0 Å². The molecule has 1 saturated heterocycles. The minimum absolute atomic E-state index is 0.0781. The second-order valence-electron chi connectivity index (χ2n) is 10.3. The first-order valence-electron chi connectivity index (χ1n) is 13.0. The fourth-order valence-corrected chi connectivity index (χ4v) is 4.61. The van der Waals surface area contributed by atoms with E-state index in [9.17, 15) is 19.8 Å². The molecule has 3 fully saturated rings. The summed E-state index contributed by atoms with van der Waals surface area (Å²) in [6, 6.07) is 9.17. The van der Waals surface area contributed by atoms with Crippen molar-refractivity contribution in [2.24, 2.45) is 5.92 Å². The standard InChI is InChI=1S/C27H29N7O5/c28-23-19-24(34(14-29-19)27-21(36)20(35)22(39-27)25(37)30-17-10-11-17)32-18(31-23)7-4-12-33(13-15-8-9-15)26(38)16-5-2-1-3-6-16/h1-3,5-6,14-15,17,20-22,27,35-36H,8-13H2,(H,30,37)(H2,28,31,32)/t20-,21+,22?,27?/m0/s1. The van der Waals surface area contributed by atoms with Gasteiger partial charge in [-0.25, -0.2) is 15.0 Å². The average Bonchev–Trinajstić information content (AvgIpc) is 3.86. The molecular weight excluding hydrogens is 502 g/mol. The van der Waals surface area contributed by atoms with Crippen LogP contribution in [0, 0.1) is 17.8 Å². The summed E-state index contributed by atoms with van der Waals surface area (Å²) in [4.78, 5) is 40.2. The molecule has 6 rings (SSSR count). The summed E-state index contributed by atoms with van der Waals surface area (Å²) in [5.41, 5.74) is 7.23. The normalized spacial score (nSPS) is 24.3. The van der Waals surface area contributed by atoms with Crippen molar-refractivity contribution >= 4 is 28.8 Å². The van der Waals surface area contributed by atoms with Crippen LogP contribution in [0.3, 0.4) is 0 Å². The zero-order chi connectivity index (χ0) is 27.1. The SMILES string of the molecule is Nc1nc(C#CCN(CC2CC2)C(=O)c2ccccc2)nc2c1ncn2C1OC(C(=O)NC2CC2)[C@@H](O)[C@H]1O. The number of benzene rings is 1. The number of carbonyl (C=O) groups excluding carboxylic acids is 2. The molecule has 3 aromatic rings. The van der Waals surface area contributed by atoms with Gasteiger partial charge < -0.3 is 30.9 Å². The Bertz CT molecular complexity index is 1460.